The summed E-state index contributed by atoms with van der Waals surface area (Å²) in [4.78, 5) is 54.6. The molecule has 1 saturated carbocycles. The maximum Gasteiger partial charge on any atom is 0.316 e. The first-order chi connectivity index (χ1) is 16.8. The highest BCUT2D eigenvalue weighted by Gasteiger charge is 2.59. The Hall–Kier alpha value is -3.74. The molecule has 2 bridgehead atoms. The average Bonchev–Trinajstić information content (AvgIpc) is 3.59. The van der Waals surface area contributed by atoms with Crippen LogP contribution in [0.5, 0.6) is 5.75 Å². The van der Waals surface area contributed by atoms with Gasteiger partial charge in [0.2, 0.25) is 17.7 Å². The Morgan fingerprint density at radius 3 is 2.29 bits per heavy atom. The number of allylic oxidation sites excluding steroid dienone is 2. The highest BCUT2D eigenvalue weighted by molar-refractivity contribution is 6.22. The fourth-order valence-electron chi connectivity index (χ4n) is 6.05. The zero-order valence-electron chi connectivity index (χ0n) is 19.6. The van der Waals surface area contributed by atoms with Crippen molar-refractivity contribution in [2.75, 3.05) is 16.3 Å². The first-order valence-electron chi connectivity index (χ1n) is 12.1. The summed E-state index contributed by atoms with van der Waals surface area (Å²) >= 11 is 0. The number of benzene rings is 2. The molecular formula is C28H26N2O5. The predicted octanol–water partition coefficient (Wildman–Crippen LogP) is 3.57. The first kappa shape index (κ1) is 21.8. The van der Waals surface area contributed by atoms with E-state index in [0.29, 0.717) is 5.69 Å². The zero-order valence-corrected chi connectivity index (χ0v) is 19.6. The summed E-state index contributed by atoms with van der Waals surface area (Å²) in [5, 5.41) is 0. The molecule has 2 aliphatic heterocycles. The molecule has 5 atom stereocenters. The molecule has 7 heteroatoms. The van der Waals surface area contributed by atoms with Gasteiger partial charge in [0, 0.05) is 24.7 Å². The van der Waals surface area contributed by atoms with Crippen LogP contribution in [0.4, 0.5) is 11.4 Å². The van der Waals surface area contributed by atoms with Gasteiger partial charge in [0.25, 0.3) is 0 Å². The molecule has 2 saturated heterocycles. The number of amides is 3. The second-order valence-corrected chi connectivity index (χ2v) is 10.1. The molecule has 2 aromatic carbocycles. The molecule has 0 radical (unpaired) electrons. The number of imide groups is 1. The minimum atomic E-state index is -0.594. The zero-order chi connectivity index (χ0) is 24.4. The van der Waals surface area contributed by atoms with Gasteiger partial charge in [-0.25, -0.2) is 4.90 Å². The van der Waals surface area contributed by atoms with Gasteiger partial charge in [0.1, 0.15) is 5.75 Å². The summed E-state index contributed by atoms with van der Waals surface area (Å²) in [6.07, 6.45) is 5.07. The lowest BCUT2D eigenvalue weighted by atomic mass is 9.85. The van der Waals surface area contributed by atoms with Crippen molar-refractivity contribution in [2.24, 2.45) is 29.6 Å². The van der Waals surface area contributed by atoms with Crippen LogP contribution in [-0.2, 0) is 19.2 Å². The van der Waals surface area contributed by atoms with Gasteiger partial charge in [0.15, 0.2) is 0 Å². The number of aryl methyl sites for hydroxylation is 2. The second-order valence-electron chi connectivity index (χ2n) is 10.1. The van der Waals surface area contributed by atoms with Crippen LogP contribution in [0.15, 0.2) is 54.6 Å². The molecule has 3 amide bonds. The van der Waals surface area contributed by atoms with Crippen molar-refractivity contribution in [1.82, 2.24) is 0 Å². The van der Waals surface area contributed by atoms with E-state index in [0.717, 1.165) is 23.2 Å². The Kier molecular flexibility index (Phi) is 4.91. The Balaban J connectivity index is 1.17. The van der Waals surface area contributed by atoms with Crippen LogP contribution in [0.1, 0.15) is 24.0 Å². The average molecular weight is 471 g/mol. The van der Waals surface area contributed by atoms with Crippen molar-refractivity contribution < 1.29 is 23.9 Å². The maximum absolute atomic E-state index is 13.1. The molecule has 4 aliphatic rings. The van der Waals surface area contributed by atoms with Crippen molar-refractivity contribution in [2.45, 2.75) is 26.7 Å². The lowest BCUT2D eigenvalue weighted by Crippen LogP contribution is -2.32. The van der Waals surface area contributed by atoms with Crippen LogP contribution in [-0.4, -0.2) is 30.2 Å². The molecule has 35 heavy (non-hydrogen) atoms. The standard InChI is InChI=1S/C28H26N2O5/c1-15-6-9-20(10-16(15)2)29-14-19(12-23(29)31)28(34)35-22-5-3-4-21(13-22)30-26(32)24-17-7-8-18(11-17)25(24)27(30)33/h3-10,13,17-19,24-25H,11-12,14H2,1-2H3/t17-,18-,19-,24-,25+/m0/s1. The van der Waals surface area contributed by atoms with Crippen molar-refractivity contribution in [1.29, 1.82) is 0 Å². The highest BCUT2D eigenvalue weighted by Crippen LogP contribution is 2.53. The summed E-state index contributed by atoms with van der Waals surface area (Å²) in [5.41, 5.74) is 3.41. The van der Waals surface area contributed by atoms with E-state index in [9.17, 15) is 19.2 Å². The molecule has 7 nitrogen and oxygen atoms in total. The summed E-state index contributed by atoms with van der Waals surface area (Å²) in [6, 6.07) is 12.3. The molecule has 2 heterocycles. The molecule has 178 valence electrons. The van der Waals surface area contributed by atoms with Crippen LogP contribution in [0.3, 0.4) is 0 Å². The van der Waals surface area contributed by atoms with E-state index in [1.807, 2.05) is 32.0 Å². The number of carbonyl (C=O) groups is 4. The van der Waals surface area contributed by atoms with Gasteiger partial charge in [-0.05, 0) is 67.5 Å². The monoisotopic (exact) mass is 470 g/mol. The van der Waals surface area contributed by atoms with Crippen molar-refractivity contribution in [3.63, 3.8) is 0 Å². The van der Waals surface area contributed by atoms with E-state index in [4.69, 9.17) is 4.74 Å². The van der Waals surface area contributed by atoms with Crippen molar-refractivity contribution in [3.8, 4) is 5.75 Å². The molecular weight excluding hydrogens is 444 g/mol. The topological polar surface area (TPSA) is 84.0 Å². The van der Waals surface area contributed by atoms with E-state index in [1.165, 1.54) is 4.90 Å². The number of fused-ring (bicyclic) bond motifs is 5. The number of hydrogen-bond donors (Lipinski definition) is 0. The molecule has 6 rings (SSSR count). The number of ether oxygens (including phenoxy) is 1. The third-order valence-corrected chi connectivity index (χ3v) is 8.03. The molecule has 2 aromatic rings. The second kappa shape index (κ2) is 7.90. The Bertz CT molecular complexity index is 1280. The van der Waals surface area contributed by atoms with Gasteiger partial charge in [0.05, 0.1) is 23.4 Å². The van der Waals surface area contributed by atoms with E-state index < -0.39 is 11.9 Å². The third kappa shape index (κ3) is 3.40. The number of hydrogen-bond acceptors (Lipinski definition) is 5. The predicted molar refractivity (Wildman–Crippen MR) is 129 cm³/mol. The van der Waals surface area contributed by atoms with Gasteiger partial charge >= 0.3 is 5.97 Å². The summed E-state index contributed by atoms with van der Waals surface area (Å²) in [5.74, 6) is -1.62. The summed E-state index contributed by atoms with van der Waals surface area (Å²) < 4.78 is 5.61. The Labute approximate surface area is 203 Å². The fraction of sp³-hybridized carbons (Fsp3) is 0.357. The van der Waals surface area contributed by atoms with Gasteiger partial charge in [-0.2, -0.15) is 0 Å². The number of carbonyl (C=O) groups excluding carboxylic acids is 4. The number of rotatable bonds is 4. The molecule has 3 fully saturated rings. The lowest BCUT2D eigenvalue weighted by Gasteiger charge is -2.19. The van der Waals surface area contributed by atoms with Crippen LogP contribution >= 0.6 is 0 Å². The molecule has 0 aromatic heterocycles. The number of anilines is 2. The van der Waals surface area contributed by atoms with Crippen molar-refractivity contribution >= 4 is 35.1 Å². The number of esters is 1. The van der Waals surface area contributed by atoms with Gasteiger partial charge in [-0.3, -0.25) is 19.2 Å². The fourth-order valence-corrected chi connectivity index (χ4v) is 6.05. The molecule has 0 spiro atoms. The minimum absolute atomic E-state index is 0.0771. The number of nitrogens with zero attached hydrogens (tertiary/aromatic N) is 2. The van der Waals surface area contributed by atoms with E-state index in [2.05, 4.69) is 12.2 Å². The SMILES string of the molecule is Cc1ccc(N2C[C@@H](C(=O)Oc3cccc(N4C(=O)[C@@H]5[C@H](C4=O)[C@H]4C=C[C@H]5C4)c3)CC2=O)cc1C. The smallest absolute Gasteiger partial charge is 0.316 e. The lowest BCUT2D eigenvalue weighted by molar-refractivity contribution is -0.139. The van der Waals surface area contributed by atoms with Crippen LogP contribution < -0.4 is 14.5 Å². The minimum Gasteiger partial charge on any atom is -0.426 e. The van der Waals surface area contributed by atoms with E-state index >= 15 is 0 Å². The quantitative estimate of drug-likeness (QED) is 0.295. The molecule has 0 unspecified atom stereocenters. The van der Waals surface area contributed by atoms with Crippen LogP contribution in [0.25, 0.3) is 0 Å². The normalized spacial score (nSPS) is 28.9. The Morgan fingerprint density at radius 1 is 0.886 bits per heavy atom. The first-order valence-corrected chi connectivity index (χ1v) is 12.1. The third-order valence-electron chi connectivity index (χ3n) is 8.03. The Morgan fingerprint density at radius 2 is 1.60 bits per heavy atom. The van der Waals surface area contributed by atoms with Crippen LogP contribution in [0.2, 0.25) is 0 Å². The summed E-state index contributed by atoms with van der Waals surface area (Å²) in [6.45, 7) is 4.25. The molecule has 2 aliphatic carbocycles. The van der Waals surface area contributed by atoms with Crippen molar-refractivity contribution in [3.05, 3.63) is 65.7 Å². The highest BCUT2D eigenvalue weighted by atomic mass is 16.5. The van der Waals surface area contributed by atoms with Gasteiger partial charge in [-0.1, -0.05) is 24.3 Å². The van der Waals surface area contributed by atoms with E-state index in [1.54, 1.807) is 29.2 Å². The maximum atomic E-state index is 13.1. The summed E-state index contributed by atoms with van der Waals surface area (Å²) in [7, 11) is 0. The largest absolute Gasteiger partial charge is 0.426 e. The van der Waals surface area contributed by atoms with Gasteiger partial charge in [-0.15, -0.1) is 0 Å². The molecule has 0 N–H and O–H groups in total. The van der Waals surface area contributed by atoms with Crippen LogP contribution in [0, 0.1) is 43.4 Å². The van der Waals surface area contributed by atoms with Gasteiger partial charge < -0.3 is 9.64 Å². The van der Waals surface area contributed by atoms with E-state index in [-0.39, 0.29) is 60.1 Å².